The standard InChI is InChI=1S/C18H21N3OS/c1-3-13-4-5-16(22-13)15-10-12(2)6-8-21(15)18-17-14(7-9-23-17)19-11-20-18/h4-5,7,9,11-12,15H,3,6,8,10H2,1-2H3/t12-,15+/m1/s1. The van der Waals surface area contributed by atoms with Crippen molar-refractivity contribution in [2.75, 3.05) is 11.4 Å². The van der Waals surface area contributed by atoms with Gasteiger partial charge in [-0.15, -0.1) is 11.3 Å². The van der Waals surface area contributed by atoms with Crippen LogP contribution in [0.25, 0.3) is 10.2 Å². The lowest BCUT2D eigenvalue weighted by Crippen LogP contribution is -2.36. The van der Waals surface area contributed by atoms with E-state index in [0.717, 1.165) is 42.2 Å². The average Bonchev–Trinajstić information content (AvgIpc) is 3.23. The maximum atomic E-state index is 6.08. The van der Waals surface area contributed by atoms with Crippen molar-refractivity contribution in [3.8, 4) is 0 Å². The number of anilines is 1. The van der Waals surface area contributed by atoms with E-state index < -0.39 is 0 Å². The van der Waals surface area contributed by atoms with Gasteiger partial charge in [-0.2, -0.15) is 0 Å². The van der Waals surface area contributed by atoms with E-state index in [4.69, 9.17) is 4.42 Å². The third kappa shape index (κ3) is 2.63. The number of aryl methyl sites for hydroxylation is 1. The summed E-state index contributed by atoms with van der Waals surface area (Å²) in [5.41, 5.74) is 1.03. The fraction of sp³-hybridized carbons (Fsp3) is 0.444. The molecule has 4 nitrogen and oxygen atoms in total. The number of nitrogens with zero attached hydrogens (tertiary/aromatic N) is 3. The Kier molecular flexibility index (Phi) is 3.81. The van der Waals surface area contributed by atoms with Gasteiger partial charge in [-0.05, 0) is 42.3 Å². The molecule has 1 saturated heterocycles. The molecule has 1 fully saturated rings. The topological polar surface area (TPSA) is 42.2 Å². The Morgan fingerprint density at radius 3 is 3.04 bits per heavy atom. The lowest BCUT2D eigenvalue weighted by molar-refractivity contribution is 0.321. The molecule has 3 aromatic rings. The van der Waals surface area contributed by atoms with Crippen molar-refractivity contribution in [3.63, 3.8) is 0 Å². The van der Waals surface area contributed by atoms with Crippen molar-refractivity contribution in [2.45, 2.75) is 39.2 Å². The van der Waals surface area contributed by atoms with Gasteiger partial charge in [-0.1, -0.05) is 13.8 Å². The molecule has 23 heavy (non-hydrogen) atoms. The van der Waals surface area contributed by atoms with E-state index >= 15 is 0 Å². The monoisotopic (exact) mass is 327 g/mol. The molecule has 0 bridgehead atoms. The number of furan rings is 1. The van der Waals surface area contributed by atoms with E-state index in [1.807, 2.05) is 0 Å². The van der Waals surface area contributed by atoms with Crippen molar-refractivity contribution >= 4 is 27.4 Å². The summed E-state index contributed by atoms with van der Waals surface area (Å²) in [7, 11) is 0. The zero-order valence-electron chi connectivity index (χ0n) is 13.5. The van der Waals surface area contributed by atoms with Crippen LogP contribution in [0.4, 0.5) is 5.82 Å². The van der Waals surface area contributed by atoms with Gasteiger partial charge in [0.1, 0.15) is 17.8 Å². The van der Waals surface area contributed by atoms with Gasteiger partial charge in [-0.25, -0.2) is 9.97 Å². The van der Waals surface area contributed by atoms with Gasteiger partial charge >= 0.3 is 0 Å². The summed E-state index contributed by atoms with van der Waals surface area (Å²) in [5.74, 6) is 3.88. The SMILES string of the molecule is CCc1ccc([C@@H]2C[C@H](C)CCN2c2ncnc3ccsc23)o1. The van der Waals surface area contributed by atoms with E-state index in [1.165, 1.54) is 11.1 Å². The maximum absolute atomic E-state index is 6.08. The van der Waals surface area contributed by atoms with E-state index in [-0.39, 0.29) is 6.04 Å². The first kappa shape index (κ1) is 14.7. The number of aromatic nitrogens is 2. The third-order valence-corrected chi connectivity index (χ3v) is 5.62. The van der Waals surface area contributed by atoms with Crippen molar-refractivity contribution in [1.82, 2.24) is 9.97 Å². The van der Waals surface area contributed by atoms with Crippen LogP contribution in [0.1, 0.15) is 44.3 Å². The van der Waals surface area contributed by atoms with Gasteiger partial charge in [-0.3, -0.25) is 0 Å². The first-order valence-corrected chi connectivity index (χ1v) is 9.17. The molecular formula is C18H21N3OS. The highest BCUT2D eigenvalue weighted by Gasteiger charge is 2.32. The fourth-order valence-corrected chi connectivity index (χ4v) is 4.26. The Morgan fingerprint density at radius 1 is 1.30 bits per heavy atom. The summed E-state index contributed by atoms with van der Waals surface area (Å²) in [4.78, 5) is 11.4. The van der Waals surface area contributed by atoms with Crippen molar-refractivity contribution in [2.24, 2.45) is 5.92 Å². The molecule has 0 aromatic carbocycles. The molecule has 3 aromatic heterocycles. The Labute approximate surface area is 140 Å². The Bertz CT molecular complexity index is 809. The van der Waals surface area contributed by atoms with Crippen LogP contribution in [-0.4, -0.2) is 16.5 Å². The number of thiophene rings is 1. The first-order chi connectivity index (χ1) is 11.3. The summed E-state index contributed by atoms with van der Waals surface area (Å²) >= 11 is 1.72. The van der Waals surface area contributed by atoms with Crippen molar-refractivity contribution in [3.05, 3.63) is 41.4 Å². The molecule has 0 unspecified atom stereocenters. The zero-order valence-corrected chi connectivity index (χ0v) is 14.3. The molecule has 120 valence electrons. The molecular weight excluding hydrogens is 306 g/mol. The largest absolute Gasteiger partial charge is 0.464 e. The summed E-state index contributed by atoms with van der Waals surface area (Å²) in [6.45, 7) is 5.47. The van der Waals surface area contributed by atoms with Crippen LogP contribution in [-0.2, 0) is 6.42 Å². The predicted molar refractivity (Wildman–Crippen MR) is 94.0 cm³/mol. The number of hydrogen-bond acceptors (Lipinski definition) is 5. The molecule has 4 heterocycles. The zero-order chi connectivity index (χ0) is 15.8. The first-order valence-electron chi connectivity index (χ1n) is 8.29. The highest BCUT2D eigenvalue weighted by Crippen LogP contribution is 2.40. The van der Waals surface area contributed by atoms with Gasteiger partial charge in [0.05, 0.1) is 16.3 Å². The van der Waals surface area contributed by atoms with Gasteiger partial charge in [0, 0.05) is 13.0 Å². The third-order valence-electron chi connectivity index (χ3n) is 4.72. The summed E-state index contributed by atoms with van der Waals surface area (Å²) in [6, 6.07) is 6.57. The number of rotatable bonds is 3. The van der Waals surface area contributed by atoms with Gasteiger partial charge in [0.2, 0.25) is 0 Å². The minimum atomic E-state index is 0.263. The van der Waals surface area contributed by atoms with Crippen LogP contribution >= 0.6 is 11.3 Å². The van der Waals surface area contributed by atoms with Crippen LogP contribution < -0.4 is 4.90 Å². The number of hydrogen-bond donors (Lipinski definition) is 0. The van der Waals surface area contributed by atoms with Crippen LogP contribution in [0.5, 0.6) is 0 Å². The second-order valence-corrected chi connectivity index (χ2v) is 7.24. The molecule has 0 N–H and O–H groups in total. The molecule has 1 aliphatic heterocycles. The maximum Gasteiger partial charge on any atom is 0.150 e. The molecule has 1 aliphatic rings. The number of fused-ring (bicyclic) bond motifs is 1. The quantitative estimate of drug-likeness (QED) is 0.691. The van der Waals surface area contributed by atoms with Crippen LogP contribution in [0.3, 0.4) is 0 Å². The van der Waals surface area contributed by atoms with Crippen molar-refractivity contribution in [1.29, 1.82) is 0 Å². The molecule has 5 heteroatoms. The van der Waals surface area contributed by atoms with Gasteiger partial charge < -0.3 is 9.32 Å². The molecule has 0 spiro atoms. The smallest absolute Gasteiger partial charge is 0.150 e. The van der Waals surface area contributed by atoms with E-state index in [9.17, 15) is 0 Å². The second kappa shape index (κ2) is 5.96. The lowest BCUT2D eigenvalue weighted by Gasteiger charge is -2.38. The summed E-state index contributed by atoms with van der Waals surface area (Å²) < 4.78 is 7.26. The minimum Gasteiger partial charge on any atom is -0.464 e. The van der Waals surface area contributed by atoms with Crippen molar-refractivity contribution < 1.29 is 4.42 Å². The summed E-state index contributed by atoms with van der Waals surface area (Å²) in [5, 5.41) is 2.09. The Balaban J connectivity index is 1.76. The predicted octanol–water partition coefficient (Wildman–Crippen LogP) is 4.82. The fourth-order valence-electron chi connectivity index (χ4n) is 3.41. The highest BCUT2D eigenvalue weighted by molar-refractivity contribution is 7.17. The normalized spacial score (nSPS) is 21.9. The van der Waals surface area contributed by atoms with Crippen LogP contribution in [0.2, 0.25) is 0 Å². The molecule has 0 aliphatic carbocycles. The average molecular weight is 327 g/mol. The summed E-state index contributed by atoms with van der Waals surface area (Å²) in [6.07, 6.45) is 4.91. The molecule has 4 rings (SSSR count). The Morgan fingerprint density at radius 2 is 2.22 bits per heavy atom. The van der Waals surface area contributed by atoms with E-state index in [0.29, 0.717) is 5.92 Å². The second-order valence-electron chi connectivity index (χ2n) is 6.33. The molecule has 0 radical (unpaired) electrons. The van der Waals surface area contributed by atoms with Crippen LogP contribution in [0, 0.1) is 5.92 Å². The molecule has 0 saturated carbocycles. The number of piperidine rings is 1. The van der Waals surface area contributed by atoms with E-state index in [1.54, 1.807) is 17.7 Å². The van der Waals surface area contributed by atoms with E-state index in [2.05, 4.69) is 52.3 Å². The lowest BCUT2D eigenvalue weighted by atomic mass is 9.91. The highest BCUT2D eigenvalue weighted by atomic mass is 32.1. The molecule has 2 atom stereocenters. The van der Waals surface area contributed by atoms with Gasteiger partial charge in [0.25, 0.3) is 0 Å². The van der Waals surface area contributed by atoms with Crippen LogP contribution in [0.15, 0.2) is 34.3 Å². The minimum absolute atomic E-state index is 0.263. The van der Waals surface area contributed by atoms with Gasteiger partial charge in [0.15, 0.2) is 5.82 Å². The Hall–Kier alpha value is -1.88. The molecule has 0 amide bonds.